The summed E-state index contributed by atoms with van der Waals surface area (Å²) in [7, 11) is 0. The van der Waals surface area contributed by atoms with E-state index in [4.69, 9.17) is 0 Å². The van der Waals surface area contributed by atoms with Crippen molar-refractivity contribution in [1.82, 2.24) is 10.2 Å². The van der Waals surface area contributed by atoms with Gasteiger partial charge in [-0.05, 0) is 6.92 Å². The van der Waals surface area contributed by atoms with E-state index in [1.54, 1.807) is 6.92 Å². The fraction of sp³-hybridized carbons (Fsp3) is 0.875. The van der Waals surface area contributed by atoms with E-state index in [-0.39, 0.29) is 31.5 Å². The van der Waals surface area contributed by atoms with Crippen molar-refractivity contribution in [2.45, 2.75) is 25.3 Å². The maximum absolute atomic E-state index is 12.7. The van der Waals surface area contributed by atoms with Gasteiger partial charge < -0.3 is 10.2 Å². The number of amides is 1. The molecular weight excluding hydrogens is 252 g/mol. The third-order valence-electron chi connectivity index (χ3n) is 2.22. The average Bonchev–Trinajstić information content (AvgIpc) is 2.16. The van der Waals surface area contributed by atoms with Crippen LogP contribution in [0.3, 0.4) is 0 Å². The minimum atomic E-state index is -4.57. The topological polar surface area (TPSA) is 32.3 Å². The highest BCUT2D eigenvalue weighted by Gasteiger charge is 2.51. The van der Waals surface area contributed by atoms with Gasteiger partial charge >= 0.3 is 12.3 Å². The highest BCUT2D eigenvalue weighted by atomic mass is 35.5. The van der Waals surface area contributed by atoms with Gasteiger partial charge in [-0.15, -0.1) is 12.4 Å². The molecule has 1 fully saturated rings. The lowest BCUT2D eigenvalue weighted by Crippen LogP contribution is -2.56. The van der Waals surface area contributed by atoms with Crippen LogP contribution >= 0.6 is 12.4 Å². The molecule has 0 aromatic rings. The van der Waals surface area contributed by atoms with Crippen LogP contribution in [0, 0.1) is 0 Å². The van der Waals surface area contributed by atoms with Gasteiger partial charge in [0.2, 0.25) is 0 Å². The number of carbonyl (C=O) groups is 1. The summed E-state index contributed by atoms with van der Waals surface area (Å²) in [5.74, 6) is -6.36. The molecule has 96 valence electrons. The Labute approximate surface area is 96.6 Å². The van der Waals surface area contributed by atoms with Crippen LogP contribution in [0.25, 0.3) is 0 Å². The third kappa shape index (κ3) is 3.21. The van der Waals surface area contributed by atoms with E-state index in [2.05, 4.69) is 5.32 Å². The normalized spacial score (nSPS) is 21.9. The summed E-state index contributed by atoms with van der Waals surface area (Å²) < 4.78 is 49.2. The van der Waals surface area contributed by atoms with Gasteiger partial charge in [-0.2, -0.15) is 8.78 Å². The summed E-state index contributed by atoms with van der Waals surface area (Å²) in [5, 5.41) is 2.92. The first-order valence-electron chi connectivity index (χ1n) is 4.54. The van der Waals surface area contributed by atoms with Crippen molar-refractivity contribution in [2.24, 2.45) is 0 Å². The van der Waals surface area contributed by atoms with Crippen LogP contribution < -0.4 is 5.32 Å². The van der Waals surface area contributed by atoms with E-state index in [1.807, 2.05) is 0 Å². The Bertz CT molecular complexity index is 252. The van der Waals surface area contributed by atoms with Gasteiger partial charge in [-0.25, -0.2) is 8.78 Å². The number of carbonyl (C=O) groups excluding carboxylic acids is 1. The maximum Gasteiger partial charge on any atom is 0.383 e. The van der Waals surface area contributed by atoms with Crippen LogP contribution in [-0.4, -0.2) is 48.8 Å². The molecule has 0 aromatic heterocycles. The Morgan fingerprint density at radius 1 is 1.50 bits per heavy atom. The molecule has 0 aliphatic carbocycles. The summed E-state index contributed by atoms with van der Waals surface area (Å²) in [6.45, 7) is 2.10. The molecule has 1 saturated heterocycles. The number of rotatable bonds is 2. The zero-order valence-electron chi connectivity index (χ0n) is 8.55. The molecule has 1 unspecified atom stereocenters. The van der Waals surface area contributed by atoms with E-state index in [9.17, 15) is 22.4 Å². The largest absolute Gasteiger partial charge is 0.383 e. The zero-order chi connectivity index (χ0) is 11.6. The molecule has 1 N–H and O–H groups in total. The monoisotopic (exact) mass is 264 g/mol. The van der Waals surface area contributed by atoms with Crippen molar-refractivity contribution in [1.29, 1.82) is 0 Å². The second-order valence-electron chi connectivity index (χ2n) is 3.53. The summed E-state index contributed by atoms with van der Waals surface area (Å²) in [5.41, 5.74) is 0. The predicted molar refractivity (Wildman–Crippen MR) is 52.2 cm³/mol. The summed E-state index contributed by atoms with van der Waals surface area (Å²) in [6.07, 6.45) is -3.95. The second kappa shape index (κ2) is 5.67. The number of piperazine rings is 1. The van der Waals surface area contributed by atoms with Crippen LogP contribution in [0.4, 0.5) is 17.6 Å². The highest BCUT2D eigenvalue weighted by molar-refractivity contribution is 5.85. The number of alkyl halides is 4. The van der Waals surface area contributed by atoms with Crippen molar-refractivity contribution in [3.63, 3.8) is 0 Å². The smallest absolute Gasteiger partial charge is 0.334 e. The molecule has 1 heterocycles. The molecule has 1 aliphatic rings. The number of nitrogens with one attached hydrogen (secondary N) is 1. The number of hydrogen-bond donors (Lipinski definition) is 1. The van der Waals surface area contributed by atoms with Gasteiger partial charge in [0.15, 0.2) is 0 Å². The molecule has 0 aromatic carbocycles. The molecule has 1 atom stereocenters. The van der Waals surface area contributed by atoms with Crippen LogP contribution in [0.15, 0.2) is 0 Å². The molecule has 1 aliphatic heterocycles. The molecule has 1 amide bonds. The van der Waals surface area contributed by atoms with Gasteiger partial charge in [0.1, 0.15) is 0 Å². The molecule has 0 saturated carbocycles. The van der Waals surface area contributed by atoms with Crippen molar-refractivity contribution in [3.8, 4) is 0 Å². The SMILES string of the molecule is CC1CN(C(=O)C(F)(F)C(F)F)CCN1.Cl. The number of halogens is 5. The first-order chi connectivity index (χ1) is 6.85. The zero-order valence-corrected chi connectivity index (χ0v) is 9.37. The lowest BCUT2D eigenvalue weighted by Gasteiger charge is -2.33. The van der Waals surface area contributed by atoms with Crippen molar-refractivity contribution in [3.05, 3.63) is 0 Å². The molecule has 0 bridgehead atoms. The van der Waals surface area contributed by atoms with Crippen molar-refractivity contribution in [2.75, 3.05) is 19.6 Å². The standard InChI is InChI=1S/C8H12F4N2O.ClH/c1-5-4-14(3-2-13-5)7(15)8(11,12)6(9)10;/h5-6,13H,2-4H2,1H3;1H. The predicted octanol–water partition coefficient (Wildman–Crippen LogP) is 1.13. The van der Waals surface area contributed by atoms with Gasteiger partial charge in [-0.1, -0.05) is 0 Å². The number of hydrogen-bond acceptors (Lipinski definition) is 2. The fourth-order valence-corrected chi connectivity index (χ4v) is 1.42. The summed E-state index contributed by atoms with van der Waals surface area (Å²) >= 11 is 0. The van der Waals surface area contributed by atoms with E-state index in [0.29, 0.717) is 6.54 Å². The maximum atomic E-state index is 12.7. The number of nitrogens with zero attached hydrogens (tertiary/aromatic N) is 1. The lowest BCUT2D eigenvalue weighted by molar-refractivity contribution is -0.181. The van der Waals surface area contributed by atoms with Crippen LogP contribution in [-0.2, 0) is 4.79 Å². The Hall–Kier alpha value is -0.560. The minimum absolute atomic E-state index is 0. The van der Waals surface area contributed by atoms with Crippen molar-refractivity contribution >= 4 is 18.3 Å². The molecule has 16 heavy (non-hydrogen) atoms. The van der Waals surface area contributed by atoms with Crippen LogP contribution in [0.5, 0.6) is 0 Å². The first kappa shape index (κ1) is 15.4. The first-order valence-corrected chi connectivity index (χ1v) is 4.54. The molecular formula is C8H13ClF4N2O. The van der Waals surface area contributed by atoms with Gasteiger partial charge in [-0.3, -0.25) is 4.79 Å². The highest BCUT2D eigenvalue weighted by Crippen LogP contribution is 2.25. The van der Waals surface area contributed by atoms with E-state index in [0.717, 1.165) is 4.90 Å². The average molecular weight is 265 g/mol. The fourth-order valence-electron chi connectivity index (χ4n) is 1.42. The van der Waals surface area contributed by atoms with Gasteiger partial charge in [0.25, 0.3) is 5.91 Å². The van der Waals surface area contributed by atoms with E-state index >= 15 is 0 Å². The van der Waals surface area contributed by atoms with E-state index in [1.165, 1.54) is 0 Å². The lowest BCUT2D eigenvalue weighted by atomic mass is 10.2. The quantitative estimate of drug-likeness (QED) is 0.759. The van der Waals surface area contributed by atoms with E-state index < -0.39 is 18.3 Å². The Balaban J connectivity index is 0.00000225. The van der Waals surface area contributed by atoms with Crippen molar-refractivity contribution < 1.29 is 22.4 Å². The molecule has 0 radical (unpaired) electrons. The minimum Gasteiger partial charge on any atom is -0.334 e. The summed E-state index contributed by atoms with van der Waals surface area (Å²) in [4.78, 5) is 11.8. The second-order valence-corrected chi connectivity index (χ2v) is 3.53. The molecule has 1 rings (SSSR count). The molecule has 8 heteroatoms. The Morgan fingerprint density at radius 3 is 2.50 bits per heavy atom. The summed E-state index contributed by atoms with van der Waals surface area (Å²) in [6, 6.07) is -0.156. The Morgan fingerprint density at radius 2 is 2.06 bits per heavy atom. The van der Waals surface area contributed by atoms with Gasteiger partial charge in [0.05, 0.1) is 0 Å². The Kier molecular flexibility index (Phi) is 5.48. The van der Waals surface area contributed by atoms with Gasteiger partial charge in [0, 0.05) is 25.7 Å². The molecule has 0 spiro atoms. The van der Waals surface area contributed by atoms with Crippen LogP contribution in [0.2, 0.25) is 0 Å². The third-order valence-corrected chi connectivity index (χ3v) is 2.22. The van der Waals surface area contributed by atoms with Crippen LogP contribution in [0.1, 0.15) is 6.92 Å². The molecule has 3 nitrogen and oxygen atoms in total.